The highest BCUT2D eigenvalue weighted by Gasteiger charge is 1.96. The summed E-state index contributed by atoms with van der Waals surface area (Å²) in [6, 6.07) is 11.0. The average Bonchev–Trinajstić information content (AvgIpc) is 2.66. The van der Waals surface area contributed by atoms with E-state index in [9.17, 15) is 4.79 Å². The van der Waals surface area contributed by atoms with Crippen LogP contribution in [0.1, 0.15) is 0 Å². The minimum atomic E-state index is -0.0355. The zero-order chi connectivity index (χ0) is 10.5. The molecule has 0 fully saturated rings. The number of ether oxygens (including phenoxy) is 1. The first-order chi connectivity index (χ1) is 7.36. The van der Waals surface area contributed by atoms with Gasteiger partial charge in [-0.15, -0.1) is 0 Å². The first-order valence-corrected chi connectivity index (χ1v) is 4.78. The van der Waals surface area contributed by atoms with E-state index >= 15 is 0 Å². The number of H-pyrrole nitrogens is 1. The summed E-state index contributed by atoms with van der Waals surface area (Å²) in [6.45, 7) is 1.01. The van der Waals surface area contributed by atoms with Gasteiger partial charge >= 0.3 is 0 Å². The molecule has 2 aromatic rings. The molecule has 0 aliphatic carbocycles. The number of aromatic amines is 1. The van der Waals surface area contributed by atoms with Crippen LogP contribution in [-0.4, -0.2) is 16.4 Å². The number of benzene rings is 1. The number of aromatic nitrogens is 2. The van der Waals surface area contributed by atoms with Crippen LogP contribution in [-0.2, 0) is 6.54 Å². The highest BCUT2D eigenvalue weighted by molar-refractivity contribution is 5.20. The lowest BCUT2D eigenvalue weighted by molar-refractivity contribution is 0.289. The van der Waals surface area contributed by atoms with Gasteiger partial charge in [-0.1, -0.05) is 18.2 Å². The van der Waals surface area contributed by atoms with E-state index in [0.717, 1.165) is 5.75 Å². The maximum atomic E-state index is 11.1. The highest BCUT2D eigenvalue weighted by atomic mass is 16.5. The van der Waals surface area contributed by atoms with Gasteiger partial charge in [-0.3, -0.25) is 4.79 Å². The molecule has 1 heterocycles. The van der Waals surface area contributed by atoms with Crippen molar-refractivity contribution in [2.75, 3.05) is 6.61 Å². The summed E-state index contributed by atoms with van der Waals surface area (Å²) < 4.78 is 6.96. The summed E-state index contributed by atoms with van der Waals surface area (Å²) >= 11 is 0. The Morgan fingerprint density at radius 1 is 1.20 bits per heavy atom. The lowest BCUT2D eigenvalue weighted by Gasteiger charge is -2.05. The Bertz CT molecular complexity index is 459. The fourth-order valence-corrected chi connectivity index (χ4v) is 1.30. The van der Waals surface area contributed by atoms with Gasteiger partial charge in [-0.25, -0.2) is 4.68 Å². The molecule has 0 saturated carbocycles. The van der Waals surface area contributed by atoms with Crippen molar-refractivity contribution in [3.8, 4) is 5.75 Å². The molecule has 1 N–H and O–H groups in total. The number of rotatable bonds is 4. The molecule has 0 amide bonds. The fourth-order valence-electron chi connectivity index (χ4n) is 1.30. The van der Waals surface area contributed by atoms with Crippen molar-refractivity contribution >= 4 is 0 Å². The number of nitrogens with one attached hydrogen (secondary N) is 1. The SMILES string of the molecule is O=c1cc[nH]n1CCOc1ccccc1. The van der Waals surface area contributed by atoms with Gasteiger partial charge in [-0.2, -0.15) is 0 Å². The second-order valence-corrected chi connectivity index (χ2v) is 3.11. The van der Waals surface area contributed by atoms with E-state index < -0.39 is 0 Å². The molecule has 4 nitrogen and oxygen atoms in total. The summed E-state index contributed by atoms with van der Waals surface area (Å²) in [4.78, 5) is 11.1. The third-order valence-corrected chi connectivity index (χ3v) is 2.05. The second kappa shape index (κ2) is 4.50. The van der Waals surface area contributed by atoms with Crippen LogP contribution in [0.4, 0.5) is 0 Å². The molecule has 1 aromatic carbocycles. The van der Waals surface area contributed by atoms with Gasteiger partial charge in [0.25, 0.3) is 5.56 Å². The van der Waals surface area contributed by atoms with Crippen molar-refractivity contribution in [2.24, 2.45) is 0 Å². The van der Waals surface area contributed by atoms with Crippen LogP contribution < -0.4 is 10.3 Å². The van der Waals surface area contributed by atoms with Crippen molar-refractivity contribution in [3.05, 3.63) is 52.9 Å². The monoisotopic (exact) mass is 204 g/mol. The fraction of sp³-hybridized carbons (Fsp3) is 0.182. The molecule has 0 aliphatic heterocycles. The molecule has 0 spiro atoms. The zero-order valence-electron chi connectivity index (χ0n) is 8.22. The summed E-state index contributed by atoms with van der Waals surface area (Å²) in [5.74, 6) is 0.817. The second-order valence-electron chi connectivity index (χ2n) is 3.11. The van der Waals surface area contributed by atoms with Crippen molar-refractivity contribution in [1.29, 1.82) is 0 Å². The largest absolute Gasteiger partial charge is 0.492 e. The first kappa shape index (κ1) is 9.58. The molecular weight excluding hydrogens is 192 g/mol. The average molecular weight is 204 g/mol. The van der Waals surface area contributed by atoms with Crippen LogP contribution in [0.25, 0.3) is 0 Å². The van der Waals surface area contributed by atoms with Gasteiger partial charge < -0.3 is 9.84 Å². The van der Waals surface area contributed by atoms with E-state index in [0.29, 0.717) is 13.2 Å². The summed E-state index contributed by atoms with van der Waals surface area (Å²) in [5.41, 5.74) is -0.0355. The third kappa shape index (κ3) is 2.49. The maximum Gasteiger partial charge on any atom is 0.266 e. The molecular formula is C11H12N2O2. The van der Waals surface area contributed by atoms with Gasteiger partial charge in [0.15, 0.2) is 0 Å². The smallest absolute Gasteiger partial charge is 0.266 e. The quantitative estimate of drug-likeness (QED) is 0.814. The van der Waals surface area contributed by atoms with Gasteiger partial charge in [-0.05, 0) is 12.1 Å². The minimum Gasteiger partial charge on any atom is -0.492 e. The lowest BCUT2D eigenvalue weighted by atomic mass is 10.3. The molecule has 0 saturated heterocycles. The Kier molecular flexibility index (Phi) is 2.88. The molecule has 78 valence electrons. The first-order valence-electron chi connectivity index (χ1n) is 4.78. The number of para-hydroxylation sites is 1. The summed E-state index contributed by atoms with van der Waals surface area (Å²) in [6.07, 6.45) is 1.62. The van der Waals surface area contributed by atoms with Crippen LogP contribution in [0.2, 0.25) is 0 Å². The van der Waals surface area contributed by atoms with Gasteiger partial charge in [0, 0.05) is 12.3 Å². The Balaban J connectivity index is 1.86. The highest BCUT2D eigenvalue weighted by Crippen LogP contribution is 2.07. The Morgan fingerprint density at radius 2 is 2.00 bits per heavy atom. The van der Waals surface area contributed by atoms with E-state index in [2.05, 4.69) is 5.10 Å². The zero-order valence-corrected chi connectivity index (χ0v) is 8.22. The molecule has 0 aliphatic rings. The van der Waals surface area contributed by atoms with Crippen LogP contribution in [0.3, 0.4) is 0 Å². The number of nitrogens with zero attached hydrogens (tertiary/aromatic N) is 1. The predicted molar refractivity (Wildman–Crippen MR) is 57.0 cm³/mol. The van der Waals surface area contributed by atoms with Crippen LogP contribution in [0, 0.1) is 0 Å². The maximum absolute atomic E-state index is 11.1. The van der Waals surface area contributed by atoms with Crippen LogP contribution in [0.5, 0.6) is 5.75 Å². The standard InChI is InChI=1S/C11H12N2O2/c14-11-6-7-12-13(11)8-9-15-10-4-2-1-3-5-10/h1-7,12H,8-9H2. The number of hydrogen-bond acceptors (Lipinski definition) is 2. The Morgan fingerprint density at radius 3 is 2.67 bits per heavy atom. The van der Waals surface area contributed by atoms with Crippen molar-refractivity contribution in [1.82, 2.24) is 9.78 Å². The van der Waals surface area contributed by atoms with Gasteiger partial charge in [0.2, 0.25) is 0 Å². The third-order valence-electron chi connectivity index (χ3n) is 2.05. The molecule has 0 atom stereocenters. The molecule has 0 unspecified atom stereocenters. The summed E-state index contributed by atoms with van der Waals surface area (Å²) in [5, 5.41) is 2.82. The van der Waals surface area contributed by atoms with Gasteiger partial charge in [0.1, 0.15) is 12.4 Å². The van der Waals surface area contributed by atoms with E-state index in [-0.39, 0.29) is 5.56 Å². The van der Waals surface area contributed by atoms with Gasteiger partial charge in [0.05, 0.1) is 6.54 Å². The summed E-state index contributed by atoms with van der Waals surface area (Å²) in [7, 11) is 0. The minimum absolute atomic E-state index is 0.0355. The molecule has 0 radical (unpaired) electrons. The molecule has 4 heteroatoms. The van der Waals surface area contributed by atoms with Crippen molar-refractivity contribution < 1.29 is 4.74 Å². The van der Waals surface area contributed by atoms with Crippen molar-refractivity contribution in [3.63, 3.8) is 0 Å². The van der Waals surface area contributed by atoms with E-state index in [1.54, 1.807) is 6.20 Å². The predicted octanol–water partition coefficient (Wildman–Crippen LogP) is 1.26. The lowest BCUT2D eigenvalue weighted by Crippen LogP contribution is -2.19. The van der Waals surface area contributed by atoms with Crippen molar-refractivity contribution in [2.45, 2.75) is 6.54 Å². The van der Waals surface area contributed by atoms with Crippen LogP contribution in [0.15, 0.2) is 47.4 Å². The molecule has 15 heavy (non-hydrogen) atoms. The normalized spacial score (nSPS) is 10.1. The topological polar surface area (TPSA) is 47.0 Å². The molecule has 2 rings (SSSR count). The Labute approximate surface area is 87.1 Å². The number of hydrogen-bond donors (Lipinski definition) is 1. The van der Waals surface area contributed by atoms with E-state index in [1.165, 1.54) is 10.7 Å². The van der Waals surface area contributed by atoms with E-state index in [1.807, 2.05) is 30.3 Å². The van der Waals surface area contributed by atoms with Crippen LogP contribution >= 0.6 is 0 Å². The molecule has 1 aromatic heterocycles. The molecule has 0 bridgehead atoms. The Hall–Kier alpha value is -1.97. The van der Waals surface area contributed by atoms with E-state index in [4.69, 9.17) is 4.74 Å².